The highest BCUT2D eigenvalue weighted by atomic mass is 16.5. The van der Waals surface area contributed by atoms with Crippen molar-refractivity contribution in [3.05, 3.63) is 65.6 Å². The average molecular weight is 478 g/mol. The summed E-state index contributed by atoms with van der Waals surface area (Å²) in [6.07, 6.45) is 5.04. The standard InChI is InChI=1S/C25H27N5O5/c1-15-7-8-16(13-28-15)29-23-21(20(34-2)10-12-27-23)25(33)35-14-17-9-11-26-22(30-17)18-5-3-4-6-19(18)24(31)32/h3-6,9-12,15-16,28H,7-8,13-14H2,1-2H3,(H,27,29)(H,31,32)/t15-,16-/m1/s1. The monoisotopic (exact) mass is 477 g/mol. The molecule has 35 heavy (non-hydrogen) atoms. The predicted octanol–water partition coefficient (Wildman–Crippen LogP) is 3.15. The van der Waals surface area contributed by atoms with Crippen LogP contribution in [0.25, 0.3) is 11.4 Å². The summed E-state index contributed by atoms with van der Waals surface area (Å²) in [6.45, 7) is 2.77. The maximum absolute atomic E-state index is 13.1. The Morgan fingerprint density at radius 3 is 2.69 bits per heavy atom. The van der Waals surface area contributed by atoms with Gasteiger partial charge in [0, 0.05) is 36.6 Å². The van der Waals surface area contributed by atoms with Gasteiger partial charge in [0.05, 0.1) is 18.4 Å². The molecule has 1 aromatic carbocycles. The van der Waals surface area contributed by atoms with Gasteiger partial charge in [0.1, 0.15) is 23.7 Å². The van der Waals surface area contributed by atoms with Crippen LogP contribution in [0.1, 0.15) is 46.2 Å². The Balaban J connectivity index is 1.51. The van der Waals surface area contributed by atoms with E-state index in [4.69, 9.17) is 9.47 Å². The number of rotatable bonds is 8. The first-order valence-corrected chi connectivity index (χ1v) is 11.3. The van der Waals surface area contributed by atoms with Crippen LogP contribution in [0.15, 0.2) is 48.8 Å². The molecule has 0 bridgehead atoms. The van der Waals surface area contributed by atoms with Crippen molar-refractivity contribution in [3.8, 4) is 17.1 Å². The molecule has 10 heteroatoms. The molecule has 1 fully saturated rings. The van der Waals surface area contributed by atoms with E-state index in [1.807, 2.05) is 0 Å². The number of esters is 1. The molecule has 10 nitrogen and oxygen atoms in total. The second-order valence-electron chi connectivity index (χ2n) is 8.26. The van der Waals surface area contributed by atoms with Crippen LogP contribution in [0.4, 0.5) is 5.82 Å². The second-order valence-corrected chi connectivity index (χ2v) is 8.26. The van der Waals surface area contributed by atoms with Gasteiger partial charge in [0.15, 0.2) is 5.82 Å². The Labute approximate surface area is 202 Å². The zero-order valence-corrected chi connectivity index (χ0v) is 19.5. The van der Waals surface area contributed by atoms with Crippen LogP contribution >= 0.6 is 0 Å². The fourth-order valence-electron chi connectivity index (χ4n) is 3.92. The smallest absolute Gasteiger partial charge is 0.346 e. The highest BCUT2D eigenvalue weighted by molar-refractivity contribution is 5.97. The van der Waals surface area contributed by atoms with Crippen molar-refractivity contribution in [1.29, 1.82) is 0 Å². The minimum absolute atomic E-state index is 0.0871. The van der Waals surface area contributed by atoms with Gasteiger partial charge >= 0.3 is 11.9 Å². The predicted molar refractivity (Wildman–Crippen MR) is 128 cm³/mol. The highest BCUT2D eigenvalue weighted by Gasteiger charge is 2.24. The van der Waals surface area contributed by atoms with Gasteiger partial charge in [-0.1, -0.05) is 18.2 Å². The van der Waals surface area contributed by atoms with Crippen LogP contribution in [0, 0.1) is 0 Å². The molecule has 2 aromatic heterocycles. The quantitative estimate of drug-likeness (QED) is 0.415. The summed E-state index contributed by atoms with van der Waals surface area (Å²) in [5, 5.41) is 16.2. The Hall–Kier alpha value is -4.05. The Kier molecular flexibility index (Phi) is 7.51. The molecule has 4 rings (SSSR count). The maximum Gasteiger partial charge on any atom is 0.346 e. The largest absolute Gasteiger partial charge is 0.496 e. The van der Waals surface area contributed by atoms with Gasteiger partial charge in [0.2, 0.25) is 0 Å². The van der Waals surface area contributed by atoms with Crippen LogP contribution in [0.3, 0.4) is 0 Å². The zero-order chi connectivity index (χ0) is 24.8. The van der Waals surface area contributed by atoms with Gasteiger partial charge < -0.3 is 25.2 Å². The molecular formula is C25H27N5O5. The van der Waals surface area contributed by atoms with Crippen LogP contribution in [-0.4, -0.2) is 57.7 Å². The number of aromatic carboxylic acids is 1. The summed E-state index contributed by atoms with van der Waals surface area (Å²) in [5.41, 5.74) is 1.10. The fourth-order valence-corrected chi connectivity index (χ4v) is 3.92. The molecule has 3 heterocycles. The average Bonchev–Trinajstić information content (AvgIpc) is 2.88. The molecule has 3 N–H and O–H groups in total. The lowest BCUT2D eigenvalue weighted by Gasteiger charge is -2.29. The van der Waals surface area contributed by atoms with E-state index in [1.165, 1.54) is 19.4 Å². The molecule has 2 atom stereocenters. The minimum atomic E-state index is -1.08. The van der Waals surface area contributed by atoms with Crippen molar-refractivity contribution in [1.82, 2.24) is 20.3 Å². The van der Waals surface area contributed by atoms with Gasteiger partial charge in [-0.05, 0) is 38.0 Å². The Morgan fingerprint density at radius 1 is 1.14 bits per heavy atom. The van der Waals surface area contributed by atoms with Crippen LogP contribution in [0.2, 0.25) is 0 Å². The number of carbonyl (C=O) groups is 2. The molecule has 182 valence electrons. The van der Waals surface area contributed by atoms with E-state index in [1.54, 1.807) is 36.5 Å². The Morgan fingerprint density at radius 2 is 1.94 bits per heavy atom. The first-order chi connectivity index (χ1) is 17.0. The number of nitrogens with one attached hydrogen (secondary N) is 2. The number of carboxylic acids is 1. The lowest BCUT2D eigenvalue weighted by Crippen LogP contribution is -2.43. The zero-order valence-electron chi connectivity index (χ0n) is 19.5. The number of methoxy groups -OCH3 is 1. The molecule has 1 saturated heterocycles. The number of hydrogen-bond donors (Lipinski definition) is 3. The molecule has 0 saturated carbocycles. The fraction of sp³-hybridized carbons (Fsp3) is 0.320. The summed E-state index contributed by atoms with van der Waals surface area (Å²) >= 11 is 0. The van der Waals surface area contributed by atoms with Crippen molar-refractivity contribution < 1.29 is 24.2 Å². The number of carbonyl (C=O) groups excluding carboxylic acids is 1. The van der Waals surface area contributed by atoms with Crippen LogP contribution in [-0.2, 0) is 11.3 Å². The SMILES string of the molecule is COc1ccnc(N[C@@H]2CC[C@@H](C)NC2)c1C(=O)OCc1ccnc(-c2ccccc2C(=O)O)n1. The van der Waals surface area contributed by atoms with Crippen LogP contribution in [0.5, 0.6) is 5.75 Å². The molecule has 0 amide bonds. The van der Waals surface area contributed by atoms with Gasteiger partial charge in [-0.15, -0.1) is 0 Å². The third kappa shape index (κ3) is 5.72. The molecule has 1 aliphatic heterocycles. The summed E-state index contributed by atoms with van der Waals surface area (Å²) < 4.78 is 11.0. The van der Waals surface area contributed by atoms with Crippen molar-refractivity contribution >= 4 is 17.8 Å². The first kappa shape index (κ1) is 24.1. The van der Waals surface area contributed by atoms with Crippen molar-refractivity contribution in [3.63, 3.8) is 0 Å². The molecule has 1 aliphatic rings. The number of aromatic nitrogens is 3. The molecule has 0 aliphatic carbocycles. The molecule has 0 unspecified atom stereocenters. The maximum atomic E-state index is 13.1. The van der Waals surface area contributed by atoms with E-state index >= 15 is 0 Å². The highest BCUT2D eigenvalue weighted by Crippen LogP contribution is 2.27. The number of piperidine rings is 1. The summed E-state index contributed by atoms with van der Waals surface area (Å²) in [7, 11) is 1.48. The Bertz CT molecular complexity index is 1210. The third-order valence-electron chi connectivity index (χ3n) is 5.80. The van der Waals surface area contributed by atoms with Crippen molar-refractivity contribution in [2.24, 2.45) is 0 Å². The van der Waals surface area contributed by atoms with Crippen LogP contribution < -0.4 is 15.4 Å². The van der Waals surface area contributed by atoms with E-state index in [0.717, 1.165) is 19.4 Å². The lowest BCUT2D eigenvalue weighted by atomic mass is 10.0. The summed E-state index contributed by atoms with van der Waals surface area (Å²) in [4.78, 5) is 37.6. The topological polar surface area (TPSA) is 136 Å². The van der Waals surface area contributed by atoms with E-state index in [-0.39, 0.29) is 29.6 Å². The number of ether oxygens (including phenoxy) is 2. The van der Waals surface area contributed by atoms with Gasteiger partial charge in [-0.2, -0.15) is 0 Å². The molecular weight excluding hydrogens is 450 g/mol. The molecule has 0 spiro atoms. The number of pyridine rings is 1. The molecule has 3 aromatic rings. The van der Waals surface area contributed by atoms with Gasteiger partial charge in [0.25, 0.3) is 0 Å². The minimum Gasteiger partial charge on any atom is -0.496 e. The van der Waals surface area contributed by atoms with Gasteiger partial charge in [-0.25, -0.2) is 24.5 Å². The van der Waals surface area contributed by atoms with E-state index in [2.05, 4.69) is 32.5 Å². The number of nitrogens with zero attached hydrogens (tertiary/aromatic N) is 3. The van der Waals surface area contributed by atoms with E-state index in [0.29, 0.717) is 28.9 Å². The second kappa shape index (κ2) is 10.9. The number of anilines is 1. The normalized spacial score (nSPS) is 17.4. The summed E-state index contributed by atoms with van der Waals surface area (Å²) in [6, 6.07) is 10.3. The first-order valence-electron chi connectivity index (χ1n) is 11.3. The number of benzene rings is 1. The van der Waals surface area contributed by atoms with E-state index < -0.39 is 11.9 Å². The molecule has 0 radical (unpaired) electrons. The van der Waals surface area contributed by atoms with Gasteiger partial charge in [-0.3, -0.25) is 0 Å². The lowest BCUT2D eigenvalue weighted by molar-refractivity contribution is 0.0464. The number of hydrogen-bond acceptors (Lipinski definition) is 9. The summed E-state index contributed by atoms with van der Waals surface area (Å²) in [5.74, 6) is -0.706. The number of carboxylic acid groups (broad SMARTS) is 1. The van der Waals surface area contributed by atoms with Crippen molar-refractivity contribution in [2.45, 2.75) is 38.5 Å². The van der Waals surface area contributed by atoms with Crippen molar-refractivity contribution in [2.75, 3.05) is 19.0 Å². The third-order valence-corrected chi connectivity index (χ3v) is 5.80. The van der Waals surface area contributed by atoms with E-state index in [9.17, 15) is 14.7 Å².